The van der Waals surface area contributed by atoms with E-state index in [-0.39, 0.29) is 17.6 Å². The van der Waals surface area contributed by atoms with Crippen molar-refractivity contribution in [1.82, 2.24) is 24.3 Å². The molecule has 2 saturated heterocycles. The Bertz CT molecular complexity index is 1810. The van der Waals surface area contributed by atoms with Crippen LogP contribution in [0.4, 0.5) is 4.39 Å². The molecule has 2 aliphatic heterocycles. The van der Waals surface area contributed by atoms with Crippen LogP contribution >= 0.6 is 0 Å². The van der Waals surface area contributed by atoms with Gasteiger partial charge < -0.3 is 14.6 Å². The summed E-state index contributed by atoms with van der Waals surface area (Å²) in [5, 5.41) is 1.02. The Morgan fingerprint density at radius 1 is 1.02 bits per heavy atom. The first-order valence-corrected chi connectivity index (χ1v) is 16.1. The van der Waals surface area contributed by atoms with E-state index in [9.17, 15) is 14.0 Å². The molecule has 2 saturated carbocycles. The van der Waals surface area contributed by atoms with Crippen LogP contribution in [0.25, 0.3) is 27.8 Å². The number of halogens is 1. The molecule has 0 spiro atoms. The molecule has 0 unspecified atom stereocenters. The number of hydrogen-bond acceptors (Lipinski definition) is 5. The second kappa shape index (κ2) is 11.0. The van der Waals surface area contributed by atoms with Crippen molar-refractivity contribution < 1.29 is 13.9 Å². The molecule has 228 valence electrons. The minimum atomic E-state index is -0.458. The fourth-order valence-electron chi connectivity index (χ4n) is 6.90. The minimum Gasteiger partial charge on any atom is -0.378 e. The number of hydrogen-bond donors (Lipinski definition) is 1. The maximum Gasteiger partial charge on any atom is 0.280 e. The van der Waals surface area contributed by atoms with Gasteiger partial charge in [0.25, 0.3) is 11.5 Å². The predicted octanol–water partition coefficient (Wildman–Crippen LogP) is 5.73. The highest BCUT2D eigenvalue weighted by Gasteiger charge is 2.34. The van der Waals surface area contributed by atoms with Gasteiger partial charge in [0.1, 0.15) is 17.2 Å². The minimum absolute atomic E-state index is 0.000715. The first-order valence-electron chi connectivity index (χ1n) is 16.1. The summed E-state index contributed by atoms with van der Waals surface area (Å²) in [5.41, 5.74) is 5.39. The van der Waals surface area contributed by atoms with Crippen LogP contribution in [0.5, 0.6) is 0 Å². The number of nitrogens with one attached hydrogen (secondary N) is 1. The van der Waals surface area contributed by atoms with Crippen molar-refractivity contribution in [2.45, 2.75) is 69.4 Å². The van der Waals surface area contributed by atoms with Gasteiger partial charge in [0, 0.05) is 55.6 Å². The molecule has 4 aliphatic rings. The molecule has 1 aromatic carbocycles. The van der Waals surface area contributed by atoms with Gasteiger partial charge in [0.05, 0.1) is 11.7 Å². The SMILES string of the molecule is COC1CN(C(=O)c2cc(F)ccc2-c2cc(C3CC3)nc(-n3cc(C4CC4)c4cc(CN5CCCCC5)[nH]c4c3=O)c2)C1. The lowest BCUT2D eigenvalue weighted by Gasteiger charge is -2.38. The summed E-state index contributed by atoms with van der Waals surface area (Å²) in [7, 11) is 1.63. The molecule has 4 fully saturated rings. The standard InChI is InChI=1S/C35H38FN5O3/c1-44-26-18-40(19-26)34(42)29-15-24(36)9-10-27(29)23-13-31(22-7-8-22)38-32(14-23)41-20-30(21-5-6-21)28-16-25(37-33(28)35(41)43)17-39-11-3-2-4-12-39/h9-10,13-16,20-22,26,37H,2-8,11-12,17-19H2,1H3. The quantitative estimate of drug-likeness (QED) is 0.281. The van der Waals surface area contributed by atoms with E-state index < -0.39 is 5.82 Å². The number of H-pyrrole nitrogens is 1. The van der Waals surface area contributed by atoms with Gasteiger partial charge in [-0.1, -0.05) is 12.5 Å². The molecule has 5 heterocycles. The zero-order valence-corrected chi connectivity index (χ0v) is 25.2. The number of carbonyl (C=O) groups excluding carboxylic acids is 1. The Morgan fingerprint density at radius 2 is 1.80 bits per heavy atom. The number of methoxy groups -OCH3 is 1. The average molecular weight is 596 g/mol. The van der Waals surface area contributed by atoms with Crippen molar-refractivity contribution >= 4 is 16.8 Å². The Labute approximate surface area is 255 Å². The second-order valence-electron chi connectivity index (χ2n) is 13.1. The molecule has 3 aromatic heterocycles. The number of fused-ring (bicyclic) bond motifs is 1. The first-order chi connectivity index (χ1) is 21.4. The van der Waals surface area contributed by atoms with Gasteiger partial charge in [-0.05, 0) is 105 Å². The van der Waals surface area contributed by atoms with E-state index in [1.54, 1.807) is 22.6 Å². The number of carbonyl (C=O) groups is 1. The topological polar surface area (TPSA) is 83.5 Å². The first kappa shape index (κ1) is 27.7. The number of likely N-dealkylation sites (tertiary alicyclic amines) is 2. The number of rotatable bonds is 8. The molecular weight excluding hydrogens is 557 g/mol. The molecule has 1 N–H and O–H groups in total. The van der Waals surface area contributed by atoms with Gasteiger partial charge >= 0.3 is 0 Å². The maximum absolute atomic E-state index is 14.5. The molecule has 8 nitrogen and oxygen atoms in total. The maximum atomic E-state index is 14.5. The lowest BCUT2D eigenvalue weighted by Crippen LogP contribution is -2.54. The van der Waals surface area contributed by atoms with Crippen molar-refractivity contribution in [3.63, 3.8) is 0 Å². The summed E-state index contributed by atoms with van der Waals surface area (Å²) in [6.07, 6.45) is 10.0. The van der Waals surface area contributed by atoms with Crippen molar-refractivity contribution in [2.24, 2.45) is 0 Å². The van der Waals surface area contributed by atoms with Gasteiger partial charge in [0.15, 0.2) is 0 Å². The monoisotopic (exact) mass is 595 g/mol. The third-order valence-electron chi connectivity index (χ3n) is 9.81. The Balaban J connectivity index is 1.23. The molecule has 2 aliphatic carbocycles. The Kier molecular flexibility index (Phi) is 6.90. The number of aromatic amines is 1. The number of amides is 1. The van der Waals surface area contributed by atoms with Crippen molar-refractivity contribution in [3.8, 4) is 16.9 Å². The molecule has 0 radical (unpaired) electrons. The predicted molar refractivity (Wildman–Crippen MR) is 167 cm³/mol. The Morgan fingerprint density at radius 3 is 2.52 bits per heavy atom. The van der Waals surface area contributed by atoms with Crippen LogP contribution in [0, 0.1) is 5.82 Å². The number of ether oxygens (including phenoxy) is 1. The number of aromatic nitrogens is 3. The van der Waals surface area contributed by atoms with E-state index in [0.717, 1.165) is 67.7 Å². The molecule has 8 rings (SSSR count). The third kappa shape index (κ3) is 5.16. The van der Waals surface area contributed by atoms with E-state index in [4.69, 9.17) is 9.72 Å². The van der Waals surface area contributed by atoms with E-state index in [2.05, 4.69) is 16.0 Å². The molecule has 0 atom stereocenters. The van der Waals surface area contributed by atoms with Gasteiger partial charge in [-0.3, -0.25) is 19.1 Å². The van der Waals surface area contributed by atoms with Crippen LogP contribution in [0.3, 0.4) is 0 Å². The van der Waals surface area contributed by atoms with Gasteiger partial charge in [-0.2, -0.15) is 0 Å². The van der Waals surface area contributed by atoms with Crippen LogP contribution in [-0.4, -0.2) is 69.6 Å². The molecular formula is C35H38FN5O3. The number of piperidine rings is 1. The number of benzene rings is 1. The van der Waals surface area contributed by atoms with E-state index in [1.807, 2.05) is 18.3 Å². The molecule has 44 heavy (non-hydrogen) atoms. The van der Waals surface area contributed by atoms with E-state index >= 15 is 0 Å². The van der Waals surface area contributed by atoms with Crippen LogP contribution in [-0.2, 0) is 11.3 Å². The normalized spacial score (nSPS) is 19.5. The number of pyridine rings is 2. The van der Waals surface area contributed by atoms with E-state index in [0.29, 0.717) is 47.4 Å². The lowest BCUT2D eigenvalue weighted by atomic mass is 9.96. The summed E-state index contributed by atoms with van der Waals surface area (Å²) in [4.78, 5) is 40.3. The highest BCUT2D eigenvalue weighted by Crippen LogP contribution is 2.44. The van der Waals surface area contributed by atoms with Gasteiger partial charge in [0.2, 0.25) is 0 Å². The molecule has 4 aromatic rings. The highest BCUT2D eigenvalue weighted by atomic mass is 19.1. The smallest absolute Gasteiger partial charge is 0.280 e. The number of nitrogens with zero attached hydrogens (tertiary/aromatic N) is 4. The molecule has 9 heteroatoms. The molecule has 1 amide bonds. The highest BCUT2D eigenvalue weighted by molar-refractivity contribution is 6.01. The summed E-state index contributed by atoms with van der Waals surface area (Å²) < 4.78 is 21.6. The van der Waals surface area contributed by atoms with Crippen molar-refractivity contribution in [2.75, 3.05) is 33.3 Å². The zero-order valence-electron chi connectivity index (χ0n) is 25.2. The summed E-state index contributed by atoms with van der Waals surface area (Å²) in [6.45, 7) is 3.97. The van der Waals surface area contributed by atoms with Crippen LogP contribution in [0.1, 0.15) is 84.1 Å². The van der Waals surface area contributed by atoms with Gasteiger partial charge in [-0.15, -0.1) is 0 Å². The third-order valence-corrected chi connectivity index (χ3v) is 9.81. The summed E-state index contributed by atoms with van der Waals surface area (Å²) >= 11 is 0. The zero-order chi connectivity index (χ0) is 29.9. The fourth-order valence-corrected chi connectivity index (χ4v) is 6.90. The largest absolute Gasteiger partial charge is 0.378 e. The van der Waals surface area contributed by atoms with E-state index in [1.165, 1.54) is 37.0 Å². The molecule has 0 bridgehead atoms. The summed E-state index contributed by atoms with van der Waals surface area (Å²) in [6, 6.07) is 10.5. The van der Waals surface area contributed by atoms with Gasteiger partial charge in [-0.25, -0.2) is 9.37 Å². The average Bonchev–Trinajstić information content (AvgIpc) is 3.95. The van der Waals surface area contributed by atoms with Crippen LogP contribution in [0.15, 0.2) is 47.4 Å². The second-order valence-corrected chi connectivity index (χ2v) is 13.1. The van der Waals surface area contributed by atoms with Crippen LogP contribution in [0.2, 0.25) is 0 Å². The van der Waals surface area contributed by atoms with Crippen LogP contribution < -0.4 is 5.56 Å². The summed E-state index contributed by atoms with van der Waals surface area (Å²) in [5.74, 6) is 0.608. The van der Waals surface area contributed by atoms with Crippen molar-refractivity contribution in [1.29, 1.82) is 0 Å². The Hall–Kier alpha value is -3.82. The fraction of sp³-hybridized carbons (Fsp3) is 0.457. The van der Waals surface area contributed by atoms with Crippen molar-refractivity contribution in [3.05, 3.63) is 81.3 Å². The lowest BCUT2D eigenvalue weighted by molar-refractivity contribution is -0.0191.